The van der Waals surface area contributed by atoms with Crippen LogP contribution in [-0.4, -0.2) is 21.2 Å². The average Bonchev–Trinajstić information content (AvgIpc) is 2.97. The van der Waals surface area contributed by atoms with Crippen molar-refractivity contribution < 1.29 is 4.79 Å². The molecule has 0 aliphatic carbocycles. The summed E-state index contributed by atoms with van der Waals surface area (Å²) in [6.45, 7) is 0. The Labute approximate surface area is 120 Å². The molecule has 1 heterocycles. The summed E-state index contributed by atoms with van der Waals surface area (Å²) in [6, 6.07) is 16.2. The van der Waals surface area contributed by atoms with Crippen LogP contribution in [0.3, 0.4) is 0 Å². The fourth-order valence-electron chi connectivity index (χ4n) is 1.95. The highest BCUT2D eigenvalue weighted by Crippen LogP contribution is 2.22. The molecule has 0 radical (unpaired) electrons. The summed E-state index contributed by atoms with van der Waals surface area (Å²) >= 11 is 5.91. The molecule has 1 N–H and O–H groups in total. The Morgan fingerprint density at radius 3 is 2.55 bits per heavy atom. The van der Waals surface area contributed by atoms with Crippen LogP contribution >= 0.6 is 11.6 Å². The molecule has 98 valence electrons. The van der Waals surface area contributed by atoms with E-state index in [1.54, 1.807) is 24.3 Å². The molecule has 0 amide bonds. The van der Waals surface area contributed by atoms with Crippen molar-refractivity contribution in [2.24, 2.45) is 0 Å². The normalized spacial score (nSPS) is 10.4. The van der Waals surface area contributed by atoms with E-state index >= 15 is 0 Å². The van der Waals surface area contributed by atoms with Crippen molar-refractivity contribution in [3.8, 4) is 11.3 Å². The third-order valence-electron chi connectivity index (χ3n) is 2.90. The molecule has 0 spiro atoms. The number of rotatable bonds is 3. The van der Waals surface area contributed by atoms with Crippen LogP contribution in [0.2, 0.25) is 5.02 Å². The second-order valence-corrected chi connectivity index (χ2v) is 4.66. The first-order valence-corrected chi connectivity index (χ1v) is 6.40. The minimum absolute atomic E-state index is 0.208. The zero-order valence-corrected chi connectivity index (χ0v) is 11.1. The first kappa shape index (κ1) is 12.6. The monoisotopic (exact) mass is 283 g/mol. The number of nitrogens with one attached hydrogen (secondary N) is 1. The lowest BCUT2D eigenvalue weighted by molar-refractivity contribution is 0.103. The van der Waals surface area contributed by atoms with Crippen molar-refractivity contribution in [2.45, 2.75) is 0 Å². The Balaban J connectivity index is 2.04. The van der Waals surface area contributed by atoms with Crippen LogP contribution < -0.4 is 0 Å². The van der Waals surface area contributed by atoms with Crippen molar-refractivity contribution >= 4 is 17.4 Å². The van der Waals surface area contributed by atoms with Crippen molar-refractivity contribution in [1.82, 2.24) is 15.4 Å². The van der Waals surface area contributed by atoms with E-state index in [2.05, 4.69) is 15.4 Å². The highest BCUT2D eigenvalue weighted by atomic mass is 35.5. The molecule has 0 saturated heterocycles. The lowest BCUT2D eigenvalue weighted by Gasteiger charge is -2.01. The van der Waals surface area contributed by atoms with Crippen LogP contribution in [0.25, 0.3) is 11.3 Å². The molecule has 0 unspecified atom stereocenters. The number of aromatic nitrogens is 3. The first-order valence-electron chi connectivity index (χ1n) is 6.02. The number of halogens is 1. The molecule has 0 aliphatic heterocycles. The third-order valence-corrected chi connectivity index (χ3v) is 3.13. The van der Waals surface area contributed by atoms with Gasteiger partial charge >= 0.3 is 0 Å². The number of nitrogens with zero attached hydrogens (tertiary/aromatic N) is 2. The average molecular weight is 284 g/mol. The number of carbonyl (C=O) groups is 1. The van der Waals surface area contributed by atoms with Crippen LogP contribution in [0.4, 0.5) is 0 Å². The summed E-state index contributed by atoms with van der Waals surface area (Å²) in [5.41, 5.74) is 2.16. The van der Waals surface area contributed by atoms with Gasteiger partial charge in [-0.15, -0.1) is 0 Å². The van der Waals surface area contributed by atoms with Gasteiger partial charge in [-0.3, -0.25) is 4.79 Å². The lowest BCUT2D eigenvalue weighted by Crippen LogP contribution is -2.03. The summed E-state index contributed by atoms with van der Waals surface area (Å²) in [6.07, 6.45) is 0. The number of H-pyrrole nitrogens is 1. The second-order valence-electron chi connectivity index (χ2n) is 4.23. The van der Waals surface area contributed by atoms with Gasteiger partial charge in [-0.2, -0.15) is 15.4 Å². The van der Waals surface area contributed by atoms with Crippen molar-refractivity contribution in [3.63, 3.8) is 0 Å². The van der Waals surface area contributed by atoms with Gasteiger partial charge < -0.3 is 0 Å². The van der Waals surface area contributed by atoms with Crippen LogP contribution in [0.5, 0.6) is 0 Å². The maximum Gasteiger partial charge on any atom is 0.215 e. The maximum atomic E-state index is 12.5. The summed E-state index contributed by atoms with van der Waals surface area (Å²) < 4.78 is 0. The zero-order valence-electron chi connectivity index (χ0n) is 10.4. The zero-order chi connectivity index (χ0) is 13.9. The van der Waals surface area contributed by atoms with Crippen molar-refractivity contribution in [3.05, 3.63) is 70.9 Å². The molecule has 4 nitrogen and oxygen atoms in total. The summed E-state index contributed by atoms with van der Waals surface area (Å²) in [5.74, 6) is -0.208. The molecule has 3 aromatic rings. The minimum atomic E-state index is -0.208. The van der Waals surface area contributed by atoms with Gasteiger partial charge in [0.25, 0.3) is 0 Å². The Morgan fingerprint density at radius 2 is 1.80 bits per heavy atom. The van der Waals surface area contributed by atoms with Gasteiger partial charge in [0.05, 0.1) is 0 Å². The van der Waals surface area contributed by atoms with Gasteiger partial charge in [-0.05, 0) is 12.1 Å². The number of hydrogen-bond donors (Lipinski definition) is 1. The van der Waals surface area contributed by atoms with E-state index in [-0.39, 0.29) is 5.78 Å². The van der Waals surface area contributed by atoms with E-state index in [1.165, 1.54) is 0 Å². The van der Waals surface area contributed by atoms with Crippen molar-refractivity contribution in [1.29, 1.82) is 0 Å². The van der Waals surface area contributed by atoms with E-state index in [1.807, 2.05) is 30.3 Å². The summed E-state index contributed by atoms with van der Waals surface area (Å²) in [7, 11) is 0. The first-order chi connectivity index (χ1) is 9.75. The smallest absolute Gasteiger partial charge is 0.215 e. The molecule has 0 fully saturated rings. The van der Waals surface area contributed by atoms with Gasteiger partial charge in [0, 0.05) is 16.1 Å². The largest absolute Gasteiger partial charge is 0.287 e. The Kier molecular flexibility index (Phi) is 3.31. The highest BCUT2D eigenvalue weighted by molar-refractivity contribution is 6.31. The van der Waals surface area contributed by atoms with E-state index in [4.69, 9.17) is 11.6 Å². The molecule has 1 aromatic heterocycles. The van der Waals surface area contributed by atoms with Crippen LogP contribution in [-0.2, 0) is 0 Å². The maximum absolute atomic E-state index is 12.5. The van der Waals surface area contributed by atoms with E-state index in [0.29, 0.717) is 22.0 Å². The van der Waals surface area contributed by atoms with Crippen LogP contribution in [0.1, 0.15) is 16.1 Å². The predicted molar refractivity (Wildman–Crippen MR) is 76.7 cm³/mol. The van der Waals surface area contributed by atoms with Gasteiger partial charge in [0.2, 0.25) is 5.78 Å². The Hall–Kier alpha value is -2.46. The van der Waals surface area contributed by atoms with Crippen LogP contribution in [0.15, 0.2) is 54.6 Å². The molecule has 0 saturated carbocycles. The fraction of sp³-hybridized carbons (Fsp3) is 0. The van der Waals surface area contributed by atoms with E-state index in [9.17, 15) is 4.79 Å². The summed E-state index contributed by atoms with van der Waals surface area (Å²) in [5, 5.41) is 11.1. The topological polar surface area (TPSA) is 58.6 Å². The lowest BCUT2D eigenvalue weighted by atomic mass is 10.0. The number of hydrogen-bond acceptors (Lipinski definition) is 3. The molecule has 0 atom stereocenters. The molecular formula is C15H10ClN3O. The fourth-order valence-corrected chi connectivity index (χ4v) is 2.14. The number of ketones is 1. The highest BCUT2D eigenvalue weighted by Gasteiger charge is 2.19. The Morgan fingerprint density at radius 1 is 1.00 bits per heavy atom. The number of carbonyl (C=O) groups excluding carboxylic acids is 1. The van der Waals surface area contributed by atoms with Crippen LogP contribution in [0, 0.1) is 0 Å². The van der Waals surface area contributed by atoms with Crippen molar-refractivity contribution in [2.75, 3.05) is 0 Å². The molecule has 0 bridgehead atoms. The molecule has 2 aromatic carbocycles. The standard InChI is InChI=1S/C15H10ClN3O/c16-12-8-4-7-11(9-12)15(20)14-13(17-19-18-14)10-5-2-1-3-6-10/h1-9H,(H,17,18,19). The van der Waals surface area contributed by atoms with E-state index < -0.39 is 0 Å². The quantitative estimate of drug-likeness (QED) is 0.750. The Bertz CT molecular complexity index is 753. The molecule has 20 heavy (non-hydrogen) atoms. The summed E-state index contributed by atoms with van der Waals surface area (Å²) in [4.78, 5) is 12.5. The SMILES string of the molecule is O=C(c1cccc(Cl)c1)c1n[nH]nc1-c1ccccc1. The number of benzene rings is 2. The molecule has 5 heteroatoms. The third kappa shape index (κ3) is 2.33. The predicted octanol–water partition coefficient (Wildman–Crippen LogP) is 3.36. The van der Waals surface area contributed by atoms with Gasteiger partial charge in [-0.25, -0.2) is 0 Å². The van der Waals surface area contributed by atoms with E-state index in [0.717, 1.165) is 5.56 Å². The second kappa shape index (κ2) is 5.27. The molecular weight excluding hydrogens is 274 g/mol. The molecule has 0 aliphatic rings. The number of aromatic amines is 1. The van der Waals surface area contributed by atoms with Gasteiger partial charge in [0.1, 0.15) is 5.69 Å². The van der Waals surface area contributed by atoms with Gasteiger partial charge in [0.15, 0.2) is 5.69 Å². The molecule has 3 rings (SSSR count). The minimum Gasteiger partial charge on any atom is -0.287 e. The van der Waals surface area contributed by atoms with Gasteiger partial charge in [-0.1, -0.05) is 54.1 Å².